The number of aliphatic hydroxyl groups excluding tert-OH is 1. The van der Waals surface area contributed by atoms with Crippen molar-refractivity contribution >= 4 is 0 Å². The number of nitrogens with zero attached hydrogens (tertiary/aromatic N) is 2. The Balaban J connectivity index is 2.47. The second-order valence-electron chi connectivity index (χ2n) is 4.48. The molecule has 1 heterocycles. The van der Waals surface area contributed by atoms with E-state index in [2.05, 4.69) is 24.3 Å². The summed E-state index contributed by atoms with van der Waals surface area (Å²) in [5.74, 6) is 0. The Kier molecular flexibility index (Phi) is 6.22. The molecule has 0 aliphatic rings. The second kappa shape index (κ2) is 7.45. The van der Waals surface area contributed by atoms with E-state index in [1.165, 1.54) is 30.5 Å². The summed E-state index contributed by atoms with van der Waals surface area (Å²) in [5.41, 5.74) is 3.51. The summed E-state index contributed by atoms with van der Waals surface area (Å²) >= 11 is 0. The molecule has 17 heavy (non-hydrogen) atoms. The zero-order valence-corrected chi connectivity index (χ0v) is 11.3. The number of hydrogen-bond acceptors (Lipinski definition) is 3. The molecule has 2 N–H and O–H groups in total. The van der Waals surface area contributed by atoms with Gasteiger partial charge in [-0.3, -0.25) is 4.68 Å². The van der Waals surface area contributed by atoms with Crippen LogP contribution in [0.1, 0.15) is 43.1 Å². The highest BCUT2D eigenvalue weighted by molar-refractivity contribution is 5.24. The maximum atomic E-state index is 8.94. The predicted molar refractivity (Wildman–Crippen MR) is 70.0 cm³/mol. The van der Waals surface area contributed by atoms with E-state index in [9.17, 15) is 0 Å². The highest BCUT2D eigenvalue weighted by Gasteiger charge is 2.10. The molecule has 1 aromatic rings. The smallest absolute Gasteiger partial charge is 0.0644 e. The average molecular weight is 239 g/mol. The standard InChI is InChI=1S/C13H25N3O/c1-4-5-6-7-14-10-13-11(2)15-16(8-9-17)12(13)3/h14,17H,4-10H2,1-3H3. The molecule has 1 rings (SSSR count). The van der Waals surface area contributed by atoms with Crippen molar-refractivity contribution in [3.05, 3.63) is 17.0 Å². The molecule has 0 unspecified atom stereocenters. The Bertz CT molecular complexity index is 334. The van der Waals surface area contributed by atoms with E-state index in [0.29, 0.717) is 6.54 Å². The molecular weight excluding hydrogens is 214 g/mol. The number of rotatable bonds is 8. The number of nitrogens with one attached hydrogen (secondary N) is 1. The lowest BCUT2D eigenvalue weighted by molar-refractivity contribution is 0.267. The van der Waals surface area contributed by atoms with Crippen LogP contribution in [-0.4, -0.2) is 28.0 Å². The van der Waals surface area contributed by atoms with Gasteiger partial charge < -0.3 is 10.4 Å². The fourth-order valence-corrected chi connectivity index (χ4v) is 2.02. The van der Waals surface area contributed by atoms with Gasteiger partial charge in [0.2, 0.25) is 0 Å². The largest absolute Gasteiger partial charge is 0.394 e. The molecule has 0 fully saturated rings. The van der Waals surface area contributed by atoms with Crippen LogP contribution in [0.5, 0.6) is 0 Å². The maximum absolute atomic E-state index is 8.94. The SMILES string of the molecule is CCCCCNCc1c(C)nn(CCO)c1C. The van der Waals surface area contributed by atoms with Crippen LogP contribution in [0.15, 0.2) is 0 Å². The fourth-order valence-electron chi connectivity index (χ4n) is 2.02. The Hall–Kier alpha value is -0.870. The van der Waals surface area contributed by atoms with Gasteiger partial charge in [-0.15, -0.1) is 0 Å². The van der Waals surface area contributed by atoms with Gasteiger partial charge in [-0.1, -0.05) is 19.8 Å². The van der Waals surface area contributed by atoms with Gasteiger partial charge in [-0.2, -0.15) is 5.10 Å². The van der Waals surface area contributed by atoms with Gasteiger partial charge in [0.05, 0.1) is 18.8 Å². The summed E-state index contributed by atoms with van der Waals surface area (Å²) in [6, 6.07) is 0. The molecular formula is C13H25N3O. The molecule has 0 aliphatic carbocycles. The Morgan fingerprint density at radius 3 is 2.71 bits per heavy atom. The number of aryl methyl sites for hydroxylation is 1. The lowest BCUT2D eigenvalue weighted by Crippen LogP contribution is -2.16. The summed E-state index contributed by atoms with van der Waals surface area (Å²) in [6.07, 6.45) is 3.78. The first-order valence-electron chi connectivity index (χ1n) is 6.55. The van der Waals surface area contributed by atoms with Gasteiger partial charge in [0.1, 0.15) is 0 Å². The van der Waals surface area contributed by atoms with Crippen LogP contribution in [0.25, 0.3) is 0 Å². The third-order valence-electron chi connectivity index (χ3n) is 3.10. The molecule has 0 radical (unpaired) electrons. The highest BCUT2D eigenvalue weighted by atomic mass is 16.3. The van der Waals surface area contributed by atoms with E-state index in [4.69, 9.17) is 5.11 Å². The third kappa shape index (κ3) is 4.13. The van der Waals surface area contributed by atoms with Crippen molar-refractivity contribution in [2.75, 3.05) is 13.2 Å². The van der Waals surface area contributed by atoms with E-state index >= 15 is 0 Å². The molecule has 98 valence electrons. The van der Waals surface area contributed by atoms with Crippen molar-refractivity contribution < 1.29 is 5.11 Å². The normalized spacial score (nSPS) is 11.1. The zero-order valence-electron chi connectivity index (χ0n) is 11.3. The first-order valence-corrected chi connectivity index (χ1v) is 6.55. The first kappa shape index (κ1) is 14.2. The van der Waals surface area contributed by atoms with Crippen molar-refractivity contribution in [2.45, 2.75) is 53.1 Å². The van der Waals surface area contributed by atoms with Gasteiger partial charge in [0.15, 0.2) is 0 Å². The monoisotopic (exact) mass is 239 g/mol. The minimum atomic E-state index is 0.144. The van der Waals surface area contributed by atoms with Crippen molar-refractivity contribution in [2.24, 2.45) is 0 Å². The Morgan fingerprint density at radius 1 is 1.29 bits per heavy atom. The number of aliphatic hydroxyl groups is 1. The van der Waals surface area contributed by atoms with E-state index < -0.39 is 0 Å². The van der Waals surface area contributed by atoms with Crippen molar-refractivity contribution in [1.82, 2.24) is 15.1 Å². The Morgan fingerprint density at radius 2 is 2.06 bits per heavy atom. The minimum Gasteiger partial charge on any atom is -0.394 e. The summed E-state index contributed by atoms with van der Waals surface area (Å²) < 4.78 is 1.89. The van der Waals surface area contributed by atoms with Crippen LogP contribution in [0.2, 0.25) is 0 Å². The lowest BCUT2D eigenvalue weighted by Gasteiger charge is -2.05. The van der Waals surface area contributed by atoms with E-state index in [1.54, 1.807) is 0 Å². The quantitative estimate of drug-likeness (QED) is 0.680. The van der Waals surface area contributed by atoms with Gasteiger partial charge in [-0.25, -0.2) is 0 Å². The summed E-state index contributed by atoms with van der Waals surface area (Å²) in [4.78, 5) is 0. The molecule has 0 amide bonds. The van der Waals surface area contributed by atoms with Crippen LogP contribution in [0.3, 0.4) is 0 Å². The first-order chi connectivity index (χ1) is 8.20. The Labute approximate surface area is 104 Å². The van der Waals surface area contributed by atoms with E-state index in [-0.39, 0.29) is 6.61 Å². The second-order valence-corrected chi connectivity index (χ2v) is 4.48. The van der Waals surface area contributed by atoms with Gasteiger partial charge >= 0.3 is 0 Å². The molecule has 0 saturated carbocycles. The number of aromatic nitrogens is 2. The molecule has 4 heteroatoms. The van der Waals surface area contributed by atoms with Crippen molar-refractivity contribution in [1.29, 1.82) is 0 Å². The summed E-state index contributed by atoms with van der Waals surface area (Å²) in [7, 11) is 0. The molecule has 0 bridgehead atoms. The molecule has 0 atom stereocenters. The third-order valence-corrected chi connectivity index (χ3v) is 3.10. The van der Waals surface area contributed by atoms with Gasteiger partial charge in [0.25, 0.3) is 0 Å². The molecule has 0 saturated heterocycles. The van der Waals surface area contributed by atoms with Crippen LogP contribution >= 0.6 is 0 Å². The number of unbranched alkanes of at least 4 members (excludes halogenated alkanes) is 2. The molecule has 0 spiro atoms. The predicted octanol–water partition coefficient (Wildman–Crippen LogP) is 1.77. The fraction of sp³-hybridized carbons (Fsp3) is 0.769. The molecule has 4 nitrogen and oxygen atoms in total. The van der Waals surface area contributed by atoms with E-state index in [1.807, 2.05) is 11.6 Å². The molecule has 0 aliphatic heterocycles. The summed E-state index contributed by atoms with van der Waals surface area (Å²) in [6.45, 7) is 8.99. The molecule has 0 aromatic carbocycles. The topological polar surface area (TPSA) is 50.1 Å². The highest BCUT2D eigenvalue weighted by Crippen LogP contribution is 2.12. The number of hydrogen-bond donors (Lipinski definition) is 2. The van der Waals surface area contributed by atoms with Gasteiger partial charge in [0, 0.05) is 17.8 Å². The average Bonchev–Trinajstić information content (AvgIpc) is 2.56. The van der Waals surface area contributed by atoms with E-state index in [0.717, 1.165) is 18.8 Å². The van der Waals surface area contributed by atoms with Crippen molar-refractivity contribution in [3.8, 4) is 0 Å². The maximum Gasteiger partial charge on any atom is 0.0644 e. The lowest BCUT2D eigenvalue weighted by atomic mass is 10.2. The zero-order chi connectivity index (χ0) is 12.7. The van der Waals surface area contributed by atoms with Crippen LogP contribution < -0.4 is 5.32 Å². The van der Waals surface area contributed by atoms with Crippen LogP contribution in [-0.2, 0) is 13.1 Å². The molecule has 1 aromatic heterocycles. The van der Waals surface area contributed by atoms with Crippen LogP contribution in [0.4, 0.5) is 0 Å². The summed E-state index contributed by atoms with van der Waals surface area (Å²) in [5, 5.41) is 16.8. The van der Waals surface area contributed by atoms with Crippen LogP contribution in [0, 0.1) is 13.8 Å². The van der Waals surface area contributed by atoms with Crippen molar-refractivity contribution in [3.63, 3.8) is 0 Å². The minimum absolute atomic E-state index is 0.144. The van der Waals surface area contributed by atoms with Gasteiger partial charge in [-0.05, 0) is 26.8 Å².